The Morgan fingerprint density at radius 2 is 2.15 bits per heavy atom. The molecule has 3 rings (SSSR count). The molecule has 5 heteroatoms. The zero-order valence-electron chi connectivity index (χ0n) is 11.6. The van der Waals surface area contributed by atoms with Crippen LogP contribution in [-0.2, 0) is 0 Å². The highest BCUT2D eigenvalue weighted by Crippen LogP contribution is 2.39. The summed E-state index contributed by atoms with van der Waals surface area (Å²) in [5.41, 5.74) is 1.15. The van der Waals surface area contributed by atoms with E-state index in [9.17, 15) is 4.79 Å². The van der Waals surface area contributed by atoms with Crippen molar-refractivity contribution in [3.63, 3.8) is 0 Å². The zero-order chi connectivity index (χ0) is 14.3. The molecular formula is C15H16N4O. The Hall–Kier alpha value is -2.35. The predicted octanol–water partition coefficient (Wildman–Crippen LogP) is 2.12. The monoisotopic (exact) mass is 268 g/mol. The van der Waals surface area contributed by atoms with E-state index >= 15 is 0 Å². The van der Waals surface area contributed by atoms with Gasteiger partial charge in [0, 0.05) is 17.9 Å². The Morgan fingerprint density at radius 3 is 2.80 bits per heavy atom. The van der Waals surface area contributed by atoms with Gasteiger partial charge in [-0.05, 0) is 44.7 Å². The highest BCUT2D eigenvalue weighted by molar-refractivity contribution is 6.00. The standard InChI is InChI=1S/C15H16N4O/c1-15(2,10-3-4-10)18-14(20)12-6-8-19-7-5-11(9-16)17-13(12)19/h5-8,10H,3-4H2,1-2H3,(H,18,20). The summed E-state index contributed by atoms with van der Waals surface area (Å²) in [5, 5.41) is 12.0. The van der Waals surface area contributed by atoms with E-state index in [0.29, 0.717) is 22.8 Å². The molecule has 1 aliphatic carbocycles. The summed E-state index contributed by atoms with van der Waals surface area (Å²) in [4.78, 5) is 16.6. The van der Waals surface area contributed by atoms with E-state index in [4.69, 9.17) is 5.26 Å². The lowest BCUT2D eigenvalue weighted by atomic mass is 9.98. The third-order valence-corrected chi connectivity index (χ3v) is 3.90. The minimum Gasteiger partial charge on any atom is -0.347 e. The Labute approximate surface area is 117 Å². The molecule has 0 bridgehead atoms. The van der Waals surface area contributed by atoms with Crippen LogP contribution in [0.1, 0.15) is 42.7 Å². The van der Waals surface area contributed by atoms with Crippen LogP contribution in [0.2, 0.25) is 0 Å². The van der Waals surface area contributed by atoms with Crippen LogP contribution in [0.3, 0.4) is 0 Å². The fraction of sp³-hybridized carbons (Fsp3) is 0.400. The van der Waals surface area contributed by atoms with Gasteiger partial charge in [0.1, 0.15) is 11.8 Å². The van der Waals surface area contributed by atoms with Crippen LogP contribution in [0.25, 0.3) is 5.65 Å². The molecule has 2 aromatic heterocycles. The van der Waals surface area contributed by atoms with Gasteiger partial charge in [-0.25, -0.2) is 4.98 Å². The Kier molecular flexibility index (Phi) is 2.75. The van der Waals surface area contributed by atoms with Crippen LogP contribution in [0, 0.1) is 17.2 Å². The topological polar surface area (TPSA) is 70.2 Å². The maximum absolute atomic E-state index is 12.4. The fourth-order valence-electron chi connectivity index (χ4n) is 2.49. The Bertz CT molecular complexity index is 719. The Morgan fingerprint density at radius 1 is 1.45 bits per heavy atom. The molecule has 2 heterocycles. The summed E-state index contributed by atoms with van der Waals surface area (Å²) < 4.78 is 1.75. The molecule has 1 aliphatic rings. The smallest absolute Gasteiger partial charge is 0.255 e. The van der Waals surface area contributed by atoms with Gasteiger partial charge in [-0.2, -0.15) is 5.26 Å². The molecule has 2 aromatic rings. The van der Waals surface area contributed by atoms with Gasteiger partial charge in [0.05, 0.1) is 5.56 Å². The van der Waals surface area contributed by atoms with Gasteiger partial charge in [-0.3, -0.25) is 4.79 Å². The average molecular weight is 268 g/mol. The van der Waals surface area contributed by atoms with Crippen molar-refractivity contribution < 1.29 is 4.79 Å². The van der Waals surface area contributed by atoms with Gasteiger partial charge >= 0.3 is 0 Å². The maximum atomic E-state index is 12.4. The molecule has 0 radical (unpaired) electrons. The first-order valence-electron chi connectivity index (χ1n) is 6.71. The molecule has 1 amide bonds. The minimum absolute atomic E-state index is 0.132. The number of nitriles is 1. The summed E-state index contributed by atoms with van der Waals surface area (Å²) in [5.74, 6) is 0.426. The summed E-state index contributed by atoms with van der Waals surface area (Å²) in [6, 6.07) is 5.36. The van der Waals surface area contributed by atoms with E-state index in [2.05, 4.69) is 24.1 Å². The van der Waals surface area contributed by atoms with Crippen molar-refractivity contribution >= 4 is 11.6 Å². The molecule has 0 aliphatic heterocycles. The number of rotatable bonds is 3. The van der Waals surface area contributed by atoms with Crippen molar-refractivity contribution in [1.82, 2.24) is 14.7 Å². The van der Waals surface area contributed by atoms with Gasteiger partial charge in [-0.15, -0.1) is 0 Å². The van der Waals surface area contributed by atoms with Crippen LogP contribution in [-0.4, -0.2) is 20.8 Å². The summed E-state index contributed by atoms with van der Waals surface area (Å²) in [6.45, 7) is 4.10. The van der Waals surface area contributed by atoms with E-state index in [0.717, 1.165) is 0 Å². The highest BCUT2D eigenvalue weighted by atomic mass is 16.1. The summed E-state index contributed by atoms with van der Waals surface area (Å²) >= 11 is 0. The van der Waals surface area contributed by atoms with E-state index in [1.54, 1.807) is 28.9 Å². The molecule has 1 saturated carbocycles. The normalized spacial score (nSPS) is 15.1. The third kappa shape index (κ3) is 2.14. The van der Waals surface area contributed by atoms with Gasteiger partial charge < -0.3 is 9.72 Å². The predicted molar refractivity (Wildman–Crippen MR) is 74.2 cm³/mol. The fourth-order valence-corrected chi connectivity index (χ4v) is 2.49. The van der Waals surface area contributed by atoms with Gasteiger partial charge in [-0.1, -0.05) is 0 Å². The lowest BCUT2D eigenvalue weighted by Gasteiger charge is -2.25. The van der Waals surface area contributed by atoms with Gasteiger partial charge in [0.15, 0.2) is 5.65 Å². The molecule has 5 nitrogen and oxygen atoms in total. The van der Waals surface area contributed by atoms with Crippen LogP contribution >= 0.6 is 0 Å². The molecule has 1 N–H and O–H groups in total. The van der Waals surface area contributed by atoms with Crippen molar-refractivity contribution in [2.24, 2.45) is 5.92 Å². The van der Waals surface area contributed by atoms with Crippen LogP contribution in [0.4, 0.5) is 0 Å². The zero-order valence-corrected chi connectivity index (χ0v) is 11.6. The second-order valence-corrected chi connectivity index (χ2v) is 5.83. The maximum Gasteiger partial charge on any atom is 0.255 e. The first kappa shape index (κ1) is 12.7. The highest BCUT2D eigenvalue weighted by Gasteiger charge is 2.39. The molecule has 102 valence electrons. The molecule has 0 unspecified atom stereocenters. The number of carbonyl (C=O) groups is 1. The van der Waals surface area contributed by atoms with Crippen molar-refractivity contribution in [3.05, 3.63) is 35.8 Å². The molecule has 20 heavy (non-hydrogen) atoms. The minimum atomic E-state index is -0.196. The molecule has 0 saturated heterocycles. The van der Waals surface area contributed by atoms with Crippen molar-refractivity contribution in [2.75, 3.05) is 0 Å². The summed E-state index contributed by atoms with van der Waals surface area (Å²) in [7, 11) is 0. The average Bonchev–Trinajstić information content (AvgIpc) is 3.18. The van der Waals surface area contributed by atoms with Crippen LogP contribution in [0.5, 0.6) is 0 Å². The van der Waals surface area contributed by atoms with E-state index < -0.39 is 0 Å². The van der Waals surface area contributed by atoms with Crippen molar-refractivity contribution in [3.8, 4) is 6.07 Å². The first-order chi connectivity index (χ1) is 9.51. The second-order valence-electron chi connectivity index (χ2n) is 5.83. The molecule has 0 spiro atoms. The molecule has 0 atom stereocenters. The molecule has 1 fully saturated rings. The number of nitrogens with zero attached hydrogens (tertiary/aromatic N) is 3. The number of fused-ring (bicyclic) bond motifs is 1. The molecular weight excluding hydrogens is 252 g/mol. The van der Waals surface area contributed by atoms with Crippen molar-refractivity contribution in [2.45, 2.75) is 32.2 Å². The SMILES string of the molecule is CC(C)(NC(=O)c1ccn2ccc(C#N)nc12)C1CC1. The Balaban J connectivity index is 1.93. The van der Waals surface area contributed by atoms with E-state index in [-0.39, 0.29) is 11.4 Å². The number of nitrogens with one attached hydrogen (secondary N) is 1. The second kappa shape index (κ2) is 4.34. The van der Waals surface area contributed by atoms with Gasteiger partial charge in [0.25, 0.3) is 5.91 Å². The number of carbonyl (C=O) groups excluding carboxylic acids is 1. The van der Waals surface area contributed by atoms with E-state index in [1.807, 2.05) is 6.07 Å². The largest absolute Gasteiger partial charge is 0.347 e. The summed E-state index contributed by atoms with van der Waals surface area (Å²) in [6.07, 6.45) is 5.85. The van der Waals surface area contributed by atoms with Gasteiger partial charge in [0.2, 0.25) is 0 Å². The van der Waals surface area contributed by atoms with E-state index in [1.165, 1.54) is 12.8 Å². The number of aromatic nitrogens is 2. The lowest BCUT2D eigenvalue weighted by Crippen LogP contribution is -2.45. The third-order valence-electron chi connectivity index (χ3n) is 3.90. The van der Waals surface area contributed by atoms with Crippen molar-refractivity contribution in [1.29, 1.82) is 5.26 Å². The number of amides is 1. The lowest BCUT2D eigenvalue weighted by molar-refractivity contribution is 0.0905. The molecule has 0 aromatic carbocycles. The number of hydrogen-bond donors (Lipinski definition) is 1. The first-order valence-corrected chi connectivity index (χ1v) is 6.71. The number of hydrogen-bond acceptors (Lipinski definition) is 3. The van der Waals surface area contributed by atoms with Crippen LogP contribution < -0.4 is 5.32 Å². The van der Waals surface area contributed by atoms with Crippen LogP contribution in [0.15, 0.2) is 24.5 Å². The quantitative estimate of drug-likeness (QED) is 0.927.